The molecule has 3 aromatic carbocycles. The third-order valence-corrected chi connectivity index (χ3v) is 8.87. The number of anilines is 1. The minimum atomic E-state index is -4.17. The van der Waals surface area contributed by atoms with E-state index in [-0.39, 0.29) is 34.1 Å². The SMILES string of the molecule is CC[C@H](C)NC(=O)[C@H](C)N(Cc1ccccc1C)C(=O)CN(c1ccccc1Cl)S(=O)(=O)c1ccc(C)cc1. The fourth-order valence-electron chi connectivity index (χ4n) is 4.02. The molecule has 0 aromatic heterocycles. The summed E-state index contributed by atoms with van der Waals surface area (Å²) in [5, 5.41) is 3.12. The number of aryl methyl sites for hydroxylation is 2. The van der Waals surface area contributed by atoms with Crippen LogP contribution in [0.15, 0.2) is 77.7 Å². The van der Waals surface area contributed by atoms with Crippen molar-refractivity contribution in [3.8, 4) is 0 Å². The van der Waals surface area contributed by atoms with E-state index in [2.05, 4.69) is 5.32 Å². The lowest BCUT2D eigenvalue weighted by molar-refractivity contribution is -0.139. The van der Waals surface area contributed by atoms with Gasteiger partial charge in [-0.25, -0.2) is 8.42 Å². The molecule has 1 N–H and O–H groups in total. The van der Waals surface area contributed by atoms with Crippen molar-refractivity contribution in [2.24, 2.45) is 0 Å². The van der Waals surface area contributed by atoms with E-state index >= 15 is 0 Å². The predicted molar refractivity (Wildman–Crippen MR) is 156 cm³/mol. The number of nitrogens with one attached hydrogen (secondary N) is 1. The van der Waals surface area contributed by atoms with E-state index in [1.165, 1.54) is 17.0 Å². The molecule has 7 nitrogen and oxygen atoms in total. The Hall–Kier alpha value is -3.36. The summed E-state index contributed by atoms with van der Waals surface area (Å²) in [7, 11) is -4.17. The molecule has 0 heterocycles. The molecule has 0 aliphatic rings. The number of halogens is 1. The van der Waals surface area contributed by atoms with Crippen LogP contribution in [0.3, 0.4) is 0 Å². The van der Waals surface area contributed by atoms with Gasteiger partial charge in [0.15, 0.2) is 0 Å². The minimum Gasteiger partial charge on any atom is -0.352 e. The average molecular weight is 570 g/mol. The number of para-hydroxylation sites is 1. The van der Waals surface area contributed by atoms with Crippen molar-refractivity contribution in [2.75, 3.05) is 10.8 Å². The van der Waals surface area contributed by atoms with Crippen LogP contribution in [0, 0.1) is 13.8 Å². The Morgan fingerprint density at radius 2 is 1.54 bits per heavy atom. The molecule has 0 aliphatic heterocycles. The van der Waals surface area contributed by atoms with Gasteiger partial charge in [0.2, 0.25) is 11.8 Å². The molecule has 0 saturated carbocycles. The molecule has 0 aliphatic carbocycles. The Bertz CT molecular complexity index is 1410. The Morgan fingerprint density at radius 3 is 2.15 bits per heavy atom. The summed E-state index contributed by atoms with van der Waals surface area (Å²) in [6.45, 7) is 8.91. The normalized spacial score (nSPS) is 12.9. The van der Waals surface area contributed by atoms with E-state index in [1.54, 1.807) is 43.3 Å². The molecule has 0 unspecified atom stereocenters. The van der Waals surface area contributed by atoms with Crippen LogP contribution < -0.4 is 9.62 Å². The maximum Gasteiger partial charge on any atom is 0.264 e. The Labute approximate surface area is 236 Å². The van der Waals surface area contributed by atoms with Gasteiger partial charge in [-0.2, -0.15) is 0 Å². The first-order valence-electron chi connectivity index (χ1n) is 12.9. The first-order valence-corrected chi connectivity index (χ1v) is 14.8. The number of carbonyl (C=O) groups excluding carboxylic acids is 2. The van der Waals surface area contributed by atoms with Crippen molar-refractivity contribution in [1.82, 2.24) is 10.2 Å². The van der Waals surface area contributed by atoms with Gasteiger partial charge in [-0.3, -0.25) is 13.9 Å². The van der Waals surface area contributed by atoms with E-state index in [9.17, 15) is 18.0 Å². The monoisotopic (exact) mass is 569 g/mol. The van der Waals surface area contributed by atoms with Crippen LogP contribution in [0.4, 0.5) is 5.69 Å². The van der Waals surface area contributed by atoms with Crippen LogP contribution in [0.1, 0.15) is 43.9 Å². The topological polar surface area (TPSA) is 86.8 Å². The van der Waals surface area contributed by atoms with E-state index in [1.807, 2.05) is 52.0 Å². The van der Waals surface area contributed by atoms with Crippen molar-refractivity contribution in [3.05, 3.63) is 94.5 Å². The number of hydrogen-bond acceptors (Lipinski definition) is 4. The molecule has 3 rings (SSSR count). The molecule has 0 fully saturated rings. The summed E-state index contributed by atoms with van der Waals surface area (Å²) in [6, 6.07) is 19.6. The second kappa shape index (κ2) is 13.1. The zero-order valence-electron chi connectivity index (χ0n) is 23.0. The third kappa shape index (κ3) is 7.40. The summed E-state index contributed by atoms with van der Waals surface area (Å²) in [5.74, 6) is -0.836. The van der Waals surface area contributed by atoms with Gasteiger partial charge < -0.3 is 10.2 Å². The first kappa shape index (κ1) is 30.2. The Morgan fingerprint density at radius 1 is 0.923 bits per heavy atom. The van der Waals surface area contributed by atoms with Gasteiger partial charge in [0, 0.05) is 12.6 Å². The van der Waals surface area contributed by atoms with E-state index in [0.29, 0.717) is 0 Å². The maximum absolute atomic E-state index is 14.0. The molecule has 0 saturated heterocycles. The highest BCUT2D eigenvalue weighted by molar-refractivity contribution is 7.92. The zero-order valence-corrected chi connectivity index (χ0v) is 24.6. The van der Waals surface area contributed by atoms with Crippen LogP contribution in [-0.2, 0) is 26.2 Å². The van der Waals surface area contributed by atoms with E-state index in [4.69, 9.17) is 11.6 Å². The molecule has 208 valence electrons. The van der Waals surface area contributed by atoms with Crippen LogP contribution in [0.5, 0.6) is 0 Å². The van der Waals surface area contributed by atoms with Crippen LogP contribution in [0.2, 0.25) is 5.02 Å². The summed E-state index contributed by atoms with van der Waals surface area (Å²) >= 11 is 6.44. The molecular formula is C30H36ClN3O4S. The largest absolute Gasteiger partial charge is 0.352 e. The quantitative estimate of drug-likeness (QED) is 0.331. The smallest absolute Gasteiger partial charge is 0.264 e. The lowest BCUT2D eigenvalue weighted by Crippen LogP contribution is -2.52. The number of nitrogens with zero attached hydrogens (tertiary/aromatic N) is 2. The van der Waals surface area contributed by atoms with E-state index < -0.39 is 28.5 Å². The highest BCUT2D eigenvalue weighted by Crippen LogP contribution is 2.31. The second-order valence-corrected chi connectivity index (χ2v) is 12.0. The van der Waals surface area contributed by atoms with Crippen LogP contribution in [-0.4, -0.2) is 43.8 Å². The summed E-state index contributed by atoms with van der Waals surface area (Å²) in [4.78, 5) is 28.6. The number of carbonyl (C=O) groups is 2. The van der Waals surface area contributed by atoms with Crippen molar-refractivity contribution < 1.29 is 18.0 Å². The van der Waals surface area contributed by atoms with Crippen LogP contribution >= 0.6 is 11.6 Å². The van der Waals surface area contributed by atoms with Gasteiger partial charge in [0.1, 0.15) is 12.6 Å². The molecule has 2 atom stereocenters. The fraction of sp³-hybridized carbons (Fsp3) is 0.333. The molecule has 0 spiro atoms. The van der Waals surface area contributed by atoms with Gasteiger partial charge >= 0.3 is 0 Å². The first-order chi connectivity index (χ1) is 18.4. The predicted octanol–water partition coefficient (Wildman–Crippen LogP) is 5.48. The molecule has 2 amide bonds. The van der Waals surface area contributed by atoms with E-state index in [0.717, 1.165) is 27.4 Å². The van der Waals surface area contributed by atoms with Gasteiger partial charge in [-0.05, 0) is 69.5 Å². The van der Waals surface area contributed by atoms with Gasteiger partial charge in [-0.1, -0.05) is 72.6 Å². The fourth-order valence-corrected chi connectivity index (χ4v) is 5.74. The number of sulfonamides is 1. The molecule has 39 heavy (non-hydrogen) atoms. The van der Waals surface area contributed by atoms with Crippen LogP contribution in [0.25, 0.3) is 0 Å². The van der Waals surface area contributed by atoms with Crippen molar-refractivity contribution in [1.29, 1.82) is 0 Å². The standard InChI is InChI=1S/C30H36ClN3O4S/c1-6-23(4)32-30(36)24(5)33(19-25-12-8-7-11-22(25)3)29(35)20-34(28-14-10-9-13-27(28)31)39(37,38)26-17-15-21(2)16-18-26/h7-18,23-24H,6,19-20H2,1-5H3,(H,32,36)/t23-,24-/m0/s1. The van der Waals surface area contributed by atoms with Crippen molar-refractivity contribution in [3.63, 3.8) is 0 Å². The molecule has 9 heteroatoms. The summed E-state index contributed by atoms with van der Waals surface area (Å²) in [5.41, 5.74) is 2.90. The zero-order chi connectivity index (χ0) is 28.7. The van der Waals surface area contributed by atoms with Gasteiger partial charge in [-0.15, -0.1) is 0 Å². The highest BCUT2D eigenvalue weighted by atomic mass is 35.5. The maximum atomic E-state index is 14.0. The lowest BCUT2D eigenvalue weighted by atomic mass is 10.1. The lowest BCUT2D eigenvalue weighted by Gasteiger charge is -2.33. The average Bonchev–Trinajstić information content (AvgIpc) is 2.91. The second-order valence-electron chi connectivity index (χ2n) is 9.72. The molecular weight excluding hydrogens is 534 g/mol. The molecule has 0 radical (unpaired) electrons. The van der Waals surface area contributed by atoms with Gasteiger partial charge in [0.25, 0.3) is 10.0 Å². The third-order valence-electron chi connectivity index (χ3n) is 6.78. The Kier molecular flexibility index (Phi) is 10.2. The number of rotatable bonds is 11. The molecule has 3 aromatic rings. The number of amides is 2. The summed E-state index contributed by atoms with van der Waals surface area (Å²) < 4.78 is 28.8. The number of hydrogen-bond donors (Lipinski definition) is 1. The van der Waals surface area contributed by atoms with Gasteiger partial charge in [0.05, 0.1) is 15.6 Å². The minimum absolute atomic E-state index is 0.0360. The van der Waals surface area contributed by atoms with Crippen molar-refractivity contribution >= 4 is 39.1 Å². The highest BCUT2D eigenvalue weighted by Gasteiger charge is 2.33. The summed E-state index contributed by atoms with van der Waals surface area (Å²) in [6.07, 6.45) is 0.735. The van der Waals surface area contributed by atoms with Crippen molar-refractivity contribution in [2.45, 2.75) is 64.6 Å². The Balaban J connectivity index is 2.05. The number of benzene rings is 3. The molecule has 0 bridgehead atoms.